The zero-order valence-corrected chi connectivity index (χ0v) is 11.2. The Morgan fingerprint density at radius 2 is 2.18 bits per heavy atom. The molecule has 0 unspecified atom stereocenters. The lowest BCUT2D eigenvalue weighted by Crippen LogP contribution is -2.43. The number of fused-ring (bicyclic) bond motifs is 1. The molecule has 2 aliphatic carbocycles. The summed E-state index contributed by atoms with van der Waals surface area (Å²) in [5, 5.41) is 9.68. The molecule has 1 saturated carbocycles. The van der Waals surface area contributed by atoms with E-state index in [0.717, 1.165) is 37.5 Å². The van der Waals surface area contributed by atoms with E-state index in [1.165, 1.54) is 0 Å². The molecule has 0 aromatic rings. The van der Waals surface area contributed by atoms with E-state index in [2.05, 4.69) is 13.0 Å². The van der Waals surface area contributed by atoms with Gasteiger partial charge in [-0.05, 0) is 32.1 Å². The molecule has 5 heteroatoms. The van der Waals surface area contributed by atoms with Gasteiger partial charge in [-0.15, -0.1) is 0 Å². The predicted molar refractivity (Wildman–Crippen MR) is 65.0 cm³/mol. The number of aliphatic hydroxyl groups is 1. The van der Waals surface area contributed by atoms with Crippen LogP contribution in [0.4, 0.5) is 0 Å². The fourth-order valence-electron chi connectivity index (χ4n) is 2.99. The molecule has 0 bridgehead atoms. The van der Waals surface area contributed by atoms with Crippen molar-refractivity contribution in [1.82, 2.24) is 0 Å². The van der Waals surface area contributed by atoms with Crippen molar-refractivity contribution in [3.05, 3.63) is 11.6 Å². The maximum atomic E-state index is 11.3. The first-order valence-corrected chi connectivity index (χ1v) is 7.89. The summed E-state index contributed by atoms with van der Waals surface area (Å²) in [7, 11) is -3.42. The van der Waals surface area contributed by atoms with Crippen molar-refractivity contribution in [2.75, 3.05) is 6.26 Å². The minimum Gasteiger partial charge on any atom is -0.393 e. The topological polar surface area (TPSA) is 63.6 Å². The van der Waals surface area contributed by atoms with Crippen LogP contribution in [0.5, 0.6) is 0 Å². The SMILES string of the molecule is C[C@]12CC[C@H](O)CC1=CCC[C@@H]2OS(C)(=O)=O. The third-order valence-electron chi connectivity index (χ3n) is 4.01. The predicted octanol–water partition coefficient (Wildman–Crippen LogP) is 1.60. The summed E-state index contributed by atoms with van der Waals surface area (Å²) in [5.74, 6) is 0. The van der Waals surface area contributed by atoms with E-state index in [0.29, 0.717) is 6.42 Å². The highest BCUT2D eigenvalue weighted by molar-refractivity contribution is 7.86. The smallest absolute Gasteiger partial charge is 0.264 e. The number of rotatable bonds is 2. The molecule has 1 N–H and O–H groups in total. The lowest BCUT2D eigenvalue weighted by atomic mass is 9.64. The summed E-state index contributed by atoms with van der Waals surface area (Å²) < 4.78 is 27.8. The second-order valence-corrected chi connectivity index (χ2v) is 7.01. The van der Waals surface area contributed by atoms with Crippen LogP contribution in [0.3, 0.4) is 0 Å². The normalized spacial score (nSPS) is 38.4. The van der Waals surface area contributed by atoms with Crippen LogP contribution in [0.2, 0.25) is 0 Å². The Labute approximate surface area is 103 Å². The molecular formula is C12H20O4S. The average Bonchev–Trinajstić information content (AvgIpc) is 2.19. The zero-order chi connectivity index (χ0) is 12.7. The van der Waals surface area contributed by atoms with Gasteiger partial charge < -0.3 is 5.11 Å². The van der Waals surface area contributed by atoms with Crippen LogP contribution in [0, 0.1) is 5.41 Å². The van der Waals surface area contributed by atoms with E-state index in [1.54, 1.807) is 0 Å². The van der Waals surface area contributed by atoms with E-state index in [-0.39, 0.29) is 17.6 Å². The number of hydrogen-bond acceptors (Lipinski definition) is 4. The van der Waals surface area contributed by atoms with E-state index in [1.807, 2.05) is 0 Å². The Hall–Kier alpha value is -0.390. The largest absolute Gasteiger partial charge is 0.393 e. The van der Waals surface area contributed by atoms with Crippen molar-refractivity contribution in [1.29, 1.82) is 0 Å². The van der Waals surface area contributed by atoms with E-state index < -0.39 is 10.1 Å². The molecule has 0 amide bonds. The molecule has 0 spiro atoms. The first-order chi connectivity index (χ1) is 7.81. The van der Waals surface area contributed by atoms with Crippen LogP contribution in [-0.2, 0) is 14.3 Å². The van der Waals surface area contributed by atoms with Crippen LogP contribution < -0.4 is 0 Å². The Kier molecular flexibility index (Phi) is 3.36. The lowest BCUT2D eigenvalue weighted by Gasteiger charge is -2.45. The monoisotopic (exact) mass is 260 g/mol. The van der Waals surface area contributed by atoms with E-state index >= 15 is 0 Å². The Morgan fingerprint density at radius 3 is 2.82 bits per heavy atom. The summed E-state index contributed by atoms with van der Waals surface area (Å²) in [6.07, 6.45) is 6.42. The van der Waals surface area contributed by atoms with Gasteiger partial charge in [0.2, 0.25) is 0 Å². The van der Waals surface area contributed by atoms with Crippen LogP contribution in [-0.4, -0.2) is 32.0 Å². The van der Waals surface area contributed by atoms with Crippen molar-refractivity contribution in [2.24, 2.45) is 5.41 Å². The molecule has 0 heterocycles. The van der Waals surface area contributed by atoms with Gasteiger partial charge in [0.05, 0.1) is 18.5 Å². The number of aliphatic hydroxyl groups excluding tert-OH is 1. The molecule has 0 saturated heterocycles. The van der Waals surface area contributed by atoms with Crippen LogP contribution in [0.1, 0.15) is 39.0 Å². The standard InChI is InChI=1S/C12H20O4S/c1-12-7-6-10(13)8-9(12)4-3-5-11(12)16-17(2,14)15/h4,10-11,13H,3,5-8H2,1-2H3/t10-,11-,12-/m0/s1. The molecule has 0 radical (unpaired) electrons. The molecule has 4 nitrogen and oxygen atoms in total. The van der Waals surface area contributed by atoms with Gasteiger partial charge in [-0.25, -0.2) is 0 Å². The van der Waals surface area contributed by atoms with Gasteiger partial charge in [-0.3, -0.25) is 4.18 Å². The zero-order valence-electron chi connectivity index (χ0n) is 10.3. The Bertz CT molecular complexity index is 426. The van der Waals surface area contributed by atoms with Crippen molar-refractivity contribution in [3.63, 3.8) is 0 Å². The van der Waals surface area contributed by atoms with Gasteiger partial charge >= 0.3 is 0 Å². The van der Waals surface area contributed by atoms with Crippen LogP contribution >= 0.6 is 0 Å². The molecule has 2 aliphatic rings. The quantitative estimate of drug-likeness (QED) is 0.605. The summed E-state index contributed by atoms with van der Waals surface area (Å²) in [6, 6.07) is 0. The van der Waals surface area contributed by atoms with Crippen molar-refractivity contribution in [2.45, 2.75) is 51.2 Å². The molecule has 1 fully saturated rings. The summed E-state index contributed by atoms with van der Waals surface area (Å²) in [6.45, 7) is 2.06. The molecule has 2 rings (SSSR count). The molecule has 0 aromatic carbocycles. The molecule has 0 aromatic heterocycles. The maximum absolute atomic E-state index is 11.3. The third kappa shape index (κ3) is 2.72. The minimum atomic E-state index is -3.42. The minimum absolute atomic E-state index is 0.222. The second kappa shape index (κ2) is 4.37. The molecule has 3 atom stereocenters. The number of hydrogen-bond donors (Lipinski definition) is 1. The van der Waals surface area contributed by atoms with Crippen LogP contribution in [0.25, 0.3) is 0 Å². The van der Waals surface area contributed by atoms with Crippen molar-refractivity contribution >= 4 is 10.1 Å². The van der Waals surface area contributed by atoms with Gasteiger partial charge in [0, 0.05) is 5.41 Å². The Balaban J connectivity index is 2.24. The van der Waals surface area contributed by atoms with E-state index in [4.69, 9.17) is 4.18 Å². The second-order valence-electron chi connectivity index (χ2n) is 5.41. The third-order valence-corrected chi connectivity index (χ3v) is 4.59. The highest BCUT2D eigenvalue weighted by Gasteiger charge is 2.44. The van der Waals surface area contributed by atoms with Gasteiger partial charge in [0.15, 0.2) is 0 Å². The molecular weight excluding hydrogens is 240 g/mol. The maximum Gasteiger partial charge on any atom is 0.264 e. The van der Waals surface area contributed by atoms with Gasteiger partial charge in [-0.1, -0.05) is 18.6 Å². The summed E-state index contributed by atoms with van der Waals surface area (Å²) in [4.78, 5) is 0. The first kappa shape index (κ1) is 13.1. The molecule has 0 aliphatic heterocycles. The molecule has 98 valence electrons. The van der Waals surface area contributed by atoms with Gasteiger partial charge in [0.1, 0.15) is 0 Å². The van der Waals surface area contributed by atoms with E-state index in [9.17, 15) is 13.5 Å². The summed E-state index contributed by atoms with van der Waals surface area (Å²) in [5.41, 5.74) is 0.941. The fraction of sp³-hybridized carbons (Fsp3) is 0.833. The van der Waals surface area contributed by atoms with Gasteiger partial charge in [-0.2, -0.15) is 8.42 Å². The fourth-order valence-corrected chi connectivity index (χ4v) is 3.72. The lowest BCUT2D eigenvalue weighted by molar-refractivity contribution is 0.0262. The molecule has 17 heavy (non-hydrogen) atoms. The highest BCUT2D eigenvalue weighted by Crippen LogP contribution is 2.48. The Morgan fingerprint density at radius 1 is 1.47 bits per heavy atom. The highest BCUT2D eigenvalue weighted by atomic mass is 32.2. The van der Waals surface area contributed by atoms with Gasteiger partial charge in [0.25, 0.3) is 10.1 Å². The van der Waals surface area contributed by atoms with Crippen molar-refractivity contribution < 1.29 is 17.7 Å². The summed E-state index contributed by atoms with van der Waals surface area (Å²) >= 11 is 0. The number of allylic oxidation sites excluding steroid dienone is 1. The van der Waals surface area contributed by atoms with Crippen LogP contribution in [0.15, 0.2) is 11.6 Å². The van der Waals surface area contributed by atoms with Crippen molar-refractivity contribution in [3.8, 4) is 0 Å². The first-order valence-electron chi connectivity index (χ1n) is 6.07. The average molecular weight is 260 g/mol.